The maximum absolute atomic E-state index is 13.0. The topological polar surface area (TPSA) is 54.6 Å². The molecule has 0 bridgehead atoms. The van der Waals surface area contributed by atoms with Gasteiger partial charge in [-0.05, 0) is 37.6 Å². The molecule has 4 nitrogen and oxygen atoms in total. The molecule has 108 valence electrons. The van der Waals surface area contributed by atoms with Crippen LogP contribution in [0.3, 0.4) is 0 Å². The highest BCUT2D eigenvalue weighted by molar-refractivity contribution is 7.19. The number of hydrogen-bond donors (Lipinski definition) is 1. The number of nitrogens with zero attached hydrogens (tertiary/aromatic N) is 2. The predicted molar refractivity (Wildman–Crippen MR) is 79.5 cm³/mol. The molecule has 0 atom stereocenters. The predicted octanol–water partition coefficient (Wildman–Crippen LogP) is 3.77. The molecule has 0 aliphatic heterocycles. The smallest absolute Gasteiger partial charge is 0.347 e. The fourth-order valence-electron chi connectivity index (χ4n) is 2.48. The summed E-state index contributed by atoms with van der Waals surface area (Å²) in [4.78, 5) is 16.7. The molecule has 1 aromatic carbocycles. The average molecular weight is 304 g/mol. The second-order valence-corrected chi connectivity index (χ2v) is 5.68. The number of thiazole rings is 1. The number of aromatic nitrogens is 2. The lowest BCUT2D eigenvalue weighted by molar-refractivity contribution is 0.0701. The van der Waals surface area contributed by atoms with Gasteiger partial charge in [0.1, 0.15) is 10.7 Å². The molecule has 0 spiro atoms. The highest BCUT2D eigenvalue weighted by atomic mass is 32.1. The molecule has 6 heteroatoms. The second kappa shape index (κ2) is 4.96. The van der Waals surface area contributed by atoms with E-state index in [9.17, 15) is 14.3 Å². The van der Waals surface area contributed by atoms with Gasteiger partial charge in [-0.1, -0.05) is 18.3 Å². The van der Waals surface area contributed by atoms with Gasteiger partial charge in [0.2, 0.25) is 0 Å². The SMILES string of the molecule is CCc1c(-c2ccc(F)cc2)nc2sc(C(=O)O)c(C)n12. The number of benzene rings is 1. The third-order valence-corrected chi connectivity index (χ3v) is 4.58. The van der Waals surface area contributed by atoms with Crippen molar-refractivity contribution in [2.24, 2.45) is 0 Å². The van der Waals surface area contributed by atoms with Gasteiger partial charge in [-0.3, -0.25) is 4.40 Å². The molecule has 0 fully saturated rings. The summed E-state index contributed by atoms with van der Waals surface area (Å²) in [7, 11) is 0. The van der Waals surface area contributed by atoms with Crippen molar-refractivity contribution in [3.05, 3.63) is 46.3 Å². The molecule has 0 aliphatic rings. The third kappa shape index (κ3) is 2.12. The Kier molecular flexibility index (Phi) is 3.25. The molecule has 3 rings (SSSR count). The van der Waals surface area contributed by atoms with Gasteiger partial charge in [-0.25, -0.2) is 14.2 Å². The van der Waals surface area contributed by atoms with Crippen molar-refractivity contribution in [3.8, 4) is 11.3 Å². The van der Waals surface area contributed by atoms with Crippen molar-refractivity contribution in [1.82, 2.24) is 9.38 Å². The van der Waals surface area contributed by atoms with Crippen LogP contribution >= 0.6 is 11.3 Å². The molecule has 2 heterocycles. The highest BCUT2D eigenvalue weighted by Gasteiger charge is 2.21. The molecular formula is C15H13FN2O2S. The number of imidazole rings is 1. The molecule has 0 saturated carbocycles. The van der Waals surface area contributed by atoms with Crippen molar-refractivity contribution >= 4 is 22.3 Å². The number of aryl methyl sites for hydroxylation is 2. The maximum atomic E-state index is 13.0. The van der Waals surface area contributed by atoms with Gasteiger partial charge >= 0.3 is 5.97 Å². The Balaban J connectivity index is 2.25. The van der Waals surface area contributed by atoms with E-state index in [0.717, 1.165) is 28.3 Å². The first-order valence-corrected chi connectivity index (χ1v) is 7.34. The normalized spacial score (nSPS) is 11.2. The van der Waals surface area contributed by atoms with Crippen LogP contribution in [0.5, 0.6) is 0 Å². The Morgan fingerprint density at radius 3 is 2.62 bits per heavy atom. The molecular weight excluding hydrogens is 291 g/mol. The van der Waals surface area contributed by atoms with Crippen LogP contribution in [0.1, 0.15) is 28.0 Å². The number of carbonyl (C=O) groups is 1. The van der Waals surface area contributed by atoms with E-state index in [1.54, 1.807) is 19.1 Å². The zero-order valence-electron chi connectivity index (χ0n) is 11.6. The van der Waals surface area contributed by atoms with Crippen LogP contribution in [-0.4, -0.2) is 20.5 Å². The van der Waals surface area contributed by atoms with Gasteiger partial charge in [0.15, 0.2) is 4.96 Å². The summed E-state index contributed by atoms with van der Waals surface area (Å²) in [6, 6.07) is 6.18. The van der Waals surface area contributed by atoms with Crippen molar-refractivity contribution < 1.29 is 14.3 Å². The van der Waals surface area contributed by atoms with E-state index in [1.807, 2.05) is 11.3 Å². The highest BCUT2D eigenvalue weighted by Crippen LogP contribution is 2.31. The van der Waals surface area contributed by atoms with E-state index in [1.165, 1.54) is 12.1 Å². The first-order valence-electron chi connectivity index (χ1n) is 6.53. The van der Waals surface area contributed by atoms with Crippen molar-refractivity contribution in [3.63, 3.8) is 0 Å². The van der Waals surface area contributed by atoms with E-state index >= 15 is 0 Å². The molecule has 0 amide bonds. The molecule has 0 radical (unpaired) electrons. The lowest BCUT2D eigenvalue weighted by Crippen LogP contribution is -1.99. The van der Waals surface area contributed by atoms with Crippen LogP contribution < -0.4 is 0 Å². The maximum Gasteiger partial charge on any atom is 0.347 e. The number of fused-ring (bicyclic) bond motifs is 1. The summed E-state index contributed by atoms with van der Waals surface area (Å²) >= 11 is 1.16. The average Bonchev–Trinajstić information content (AvgIpc) is 2.97. The van der Waals surface area contributed by atoms with Crippen LogP contribution in [-0.2, 0) is 6.42 Å². The largest absolute Gasteiger partial charge is 0.477 e. The van der Waals surface area contributed by atoms with E-state index in [0.29, 0.717) is 22.0 Å². The quantitative estimate of drug-likeness (QED) is 0.801. The van der Waals surface area contributed by atoms with Gasteiger partial charge in [-0.15, -0.1) is 0 Å². The first-order chi connectivity index (χ1) is 10.0. The minimum atomic E-state index is -0.937. The van der Waals surface area contributed by atoms with Crippen LogP contribution in [0.25, 0.3) is 16.2 Å². The molecule has 21 heavy (non-hydrogen) atoms. The number of aromatic carboxylic acids is 1. The zero-order chi connectivity index (χ0) is 15.1. The Labute approximate surface area is 124 Å². The van der Waals surface area contributed by atoms with Crippen molar-refractivity contribution in [2.75, 3.05) is 0 Å². The Bertz CT molecular complexity index is 834. The first kappa shape index (κ1) is 13.8. The second-order valence-electron chi connectivity index (χ2n) is 4.71. The minimum absolute atomic E-state index is 0.290. The summed E-state index contributed by atoms with van der Waals surface area (Å²) in [6.07, 6.45) is 0.713. The minimum Gasteiger partial charge on any atom is -0.477 e. The van der Waals surface area contributed by atoms with E-state index in [2.05, 4.69) is 4.98 Å². The van der Waals surface area contributed by atoms with E-state index in [4.69, 9.17) is 0 Å². The van der Waals surface area contributed by atoms with Crippen LogP contribution in [0.4, 0.5) is 4.39 Å². The third-order valence-electron chi connectivity index (χ3n) is 3.45. The summed E-state index contributed by atoms with van der Waals surface area (Å²) in [6.45, 7) is 3.77. The lowest BCUT2D eigenvalue weighted by Gasteiger charge is -2.03. The number of halogens is 1. The number of rotatable bonds is 3. The number of carboxylic acid groups (broad SMARTS) is 1. The molecule has 0 unspecified atom stereocenters. The molecule has 0 aliphatic carbocycles. The summed E-state index contributed by atoms with van der Waals surface area (Å²) in [5.41, 5.74) is 3.24. The molecule has 2 aromatic heterocycles. The fraction of sp³-hybridized carbons (Fsp3) is 0.200. The van der Waals surface area contributed by atoms with Crippen LogP contribution in [0, 0.1) is 12.7 Å². The standard InChI is InChI=1S/C15H13FN2O2S/c1-3-11-12(9-4-6-10(16)7-5-9)17-15-18(11)8(2)13(21-15)14(19)20/h4-7H,3H2,1-2H3,(H,19,20). The summed E-state index contributed by atoms with van der Waals surface area (Å²) in [5, 5.41) is 9.19. The van der Waals surface area contributed by atoms with E-state index in [-0.39, 0.29) is 5.82 Å². The van der Waals surface area contributed by atoms with Gasteiger partial charge in [0, 0.05) is 11.3 Å². The van der Waals surface area contributed by atoms with Crippen molar-refractivity contribution in [1.29, 1.82) is 0 Å². The molecule has 3 aromatic rings. The van der Waals surface area contributed by atoms with Crippen LogP contribution in [0.15, 0.2) is 24.3 Å². The summed E-state index contributed by atoms with van der Waals surface area (Å²) in [5.74, 6) is -1.23. The van der Waals surface area contributed by atoms with Gasteiger partial charge in [0.25, 0.3) is 0 Å². The van der Waals surface area contributed by atoms with E-state index < -0.39 is 5.97 Å². The fourth-order valence-corrected chi connectivity index (χ4v) is 3.46. The van der Waals surface area contributed by atoms with Crippen molar-refractivity contribution in [2.45, 2.75) is 20.3 Å². The Morgan fingerprint density at radius 1 is 1.38 bits per heavy atom. The number of hydrogen-bond acceptors (Lipinski definition) is 3. The van der Waals surface area contributed by atoms with Gasteiger partial charge in [0.05, 0.1) is 11.4 Å². The molecule has 1 N–H and O–H groups in total. The lowest BCUT2D eigenvalue weighted by atomic mass is 10.1. The van der Waals surface area contributed by atoms with Gasteiger partial charge < -0.3 is 5.11 Å². The zero-order valence-corrected chi connectivity index (χ0v) is 12.4. The molecule has 0 saturated heterocycles. The van der Waals surface area contributed by atoms with Crippen LogP contribution in [0.2, 0.25) is 0 Å². The summed E-state index contributed by atoms with van der Waals surface area (Å²) < 4.78 is 14.9. The van der Waals surface area contributed by atoms with Gasteiger partial charge in [-0.2, -0.15) is 0 Å². The number of carboxylic acids is 1. The monoisotopic (exact) mass is 304 g/mol. The Morgan fingerprint density at radius 2 is 2.05 bits per heavy atom. The Hall–Kier alpha value is -2.21.